The van der Waals surface area contributed by atoms with Gasteiger partial charge in [0.05, 0.1) is 5.75 Å². The van der Waals surface area contributed by atoms with Crippen molar-refractivity contribution in [2.24, 2.45) is 0 Å². The number of alkyl halides is 3. The zero-order valence-electron chi connectivity index (χ0n) is 6.95. The molecule has 1 aromatic rings. The van der Waals surface area contributed by atoms with Gasteiger partial charge in [-0.1, -0.05) is 30.3 Å². The first-order valence-corrected chi connectivity index (χ1v) is 4.90. The van der Waals surface area contributed by atoms with Gasteiger partial charge >= 0.3 is 6.36 Å². The first-order chi connectivity index (χ1) is 6.47. The maximum absolute atomic E-state index is 11.6. The van der Waals surface area contributed by atoms with Gasteiger partial charge < -0.3 is 0 Å². The van der Waals surface area contributed by atoms with Crippen LogP contribution in [0.1, 0.15) is 5.56 Å². The highest BCUT2D eigenvalue weighted by Crippen LogP contribution is 2.19. The summed E-state index contributed by atoms with van der Waals surface area (Å²) in [6.07, 6.45) is -4.85. The van der Waals surface area contributed by atoms with Crippen molar-refractivity contribution in [1.82, 2.24) is 0 Å². The maximum atomic E-state index is 11.6. The molecule has 0 saturated heterocycles. The Bertz CT molecular complexity index is 310. The molecule has 0 bridgehead atoms. The van der Waals surface area contributed by atoms with E-state index in [9.17, 15) is 17.4 Å². The molecule has 0 aliphatic rings. The third kappa shape index (κ3) is 4.38. The topological polar surface area (TPSA) is 26.3 Å². The molecule has 6 heteroatoms. The second kappa shape index (κ2) is 4.56. The van der Waals surface area contributed by atoms with E-state index in [4.69, 9.17) is 0 Å². The summed E-state index contributed by atoms with van der Waals surface area (Å²) in [7, 11) is 0. The van der Waals surface area contributed by atoms with Crippen molar-refractivity contribution in [2.45, 2.75) is 12.1 Å². The molecule has 1 atom stereocenters. The summed E-state index contributed by atoms with van der Waals surface area (Å²) in [4.78, 5) is 0. The molecule has 0 saturated carbocycles. The lowest BCUT2D eigenvalue weighted by Gasteiger charge is -2.05. The van der Waals surface area contributed by atoms with Gasteiger partial charge in [-0.15, -0.1) is 13.2 Å². The third-order valence-electron chi connectivity index (χ3n) is 1.31. The van der Waals surface area contributed by atoms with Crippen LogP contribution in [0.2, 0.25) is 0 Å². The zero-order valence-corrected chi connectivity index (χ0v) is 7.77. The van der Waals surface area contributed by atoms with E-state index < -0.39 is 17.4 Å². The summed E-state index contributed by atoms with van der Waals surface area (Å²) in [5.41, 5.74) is 0.537. The van der Waals surface area contributed by atoms with Gasteiger partial charge in [0.15, 0.2) is 11.1 Å². The average Bonchev–Trinajstić information content (AvgIpc) is 2.02. The van der Waals surface area contributed by atoms with Crippen LogP contribution < -0.4 is 0 Å². The largest absolute Gasteiger partial charge is 0.535 e. The molecule has 0 aromatic heterocycles. The SMILES string of the molecule is O=S(Cc1ccccc1)OC(F)(F)F. The Labute approximate surface area is 81.4 Å². The van der Waals surface area contributed by atoms with Gasteiger partial charge in [0.2, 0.25) is 0 Å². The van der Waals surface area contributed by atoms with Crippen LogP contribution in [0, 0.1) is 0 Å². The van der Waals surface area contributed by atoms with E-state index in [1.165, 1.54) is 0 Å². The molecular formula is C8H7F3O2S. The number of hydrogen-bond acceptors (Lipinski definition) is 2. The summed E-state index contributed by atoms with van der Waals surface area (Å²) in [6.45, 7) is 0. The van der Waals surface area contributed by atoms with Crippen molar-refractivity contribution < 1.29 is 21.6 Å². The Morgan fingerprint density at radius 2 is 1.79 bits per heavy atom. The lowest BCUT2D eigenvalue weighted by molar-refractivity contribution is -0.269. The fourth-order valence-electron chi connectivity index (χ4n) is 0.845. The van der Waals surface area contributed by atoms with E-state index >= 15 is 0 Å². The van der Waals surface area contributed by atoms with E-state index in [0.717, 1.165) is 0 Å². The Balaban J connectivity index is 2.50. The highest BCUT2D eigenvalue weighted by atomic mass is 32.2. The highest BCUT2D eigenvalue weighted by molar-refractivity contribution is 7.79. The van der Waals surface area contributed by atoms with Gasteiger partial charge in [0.25, 0.3) is 0 Å². The first kappa shape index (κ1) is 11.2. The maximum Gasteiger partial charge on any atom is 0.535 e. The predicted molar refractivity (Wildman–Crippen MR) is 45.4 cm³/mol. The van der Waals surface area contributed by atoms with Crippen LogP contribution in [0.15, 0.2) is 30.3 Å². The Hall–Kier alpha value is -0.880. The molecular weight excluding hydrogens is 217 g/mol. The summed E-state index contributed by atoms with van der Waals surface area (Å²) in [5.74, 6) is -0.264. The van der Waals surface area contributed by atoms with Gasteiger partial charge in [-0.2, -0.15) is 4.18 Å². The number of rotatable bonds is 3. The zero-order chi connectivity index (χ0) is 10.6. The van der Waals surface area contributed by atoms with Crippen molar-refractivity contribution in [2.75, 3.05) is 0 Å². The minimum atomic E-state index is -4.85. The molecule has 0 radical (unpaired) electrons. The number of hydrogen-bond donors (Lipinski definition) is 0. The Kier molecular flexibility index (Phi) is 3.65. The minimum absolute atomic E-state index is 0.264. The lowest BCUT2D eigenvalue weighted by atomic mass is 10.2. The first-order valence-electron chi connectivity index (χ1n) is 3.66. The van der Waals surface area contributed by atoms with Gasteiger partial charge in [-0.3, -0.25) is 0 Å². The summed E-state index contributed by atoms with van der Waals surface area (Å²) >= 11 is -2.37. The molecule has 1 aromatic carbocycles. The van der Waals surface area contributed by atoms with E-state index in [0.29, 0.717) is 5.56 Å². The van der Waals surface area contributed by atoms with Gasteiger partial charge in [-0.05, 0) is 5.56 Å². The second-order valence-electron chi connectivity index (χ2n) is 2.46. The van der Waals surface area contributed by atoms with E-state index in [-0.39, 0.29) is 5.75 Å². The van der Waals surface area contributed by atoms with Gasteiger partial charge in [0.1, 0.15) is 0 Å². The van der Waals surface area contributed by atoms with Crippen molar-refractivity contribution in [1.29, 1.82) is 0 Å². The highest BCUT2D eigenvalue weighted by Gasteiger charge is 2.32. The fourth-order valence-corrected chi connectivity index (χ4v) is 1.58. The molecule has 0 spiro atoms. The second-order valence-corrected chi connectivity index (χ2v) is 3.53. The molecule has 0 fully saturated rings. The predicted octanol–water partition coefficient (Wildman–Crippen LogP) is 2.39. The quantitative estimate of drug-likeness (QED) is 0.788. The van der Waals surface area contributed by atoms with Crippen molar-refractivity contribution in [3.63, 3.8) is 0 Å². The van der Waals surface area contributed by atoms with Crippen LogP contribution in [0.3, 0.4) is 0 Å². The Morgan fingerprint density at radius 3 is 2.29 bits per heavy atom. The third-order valence-corrected chi connectivity index (χ3v) is 2.26. The minimum Gasteiger partial charge on any atom is -0.229 e. The van der Waals surface area contributed by atoms with Crippen LogP contribution in [-0.4, -0.2) is 10.6 Å². The number of halogens is 3. The molecule has 0 heterocycles. The number of benzene rings is 1. The fraction of sp³-hybridized carbons (Fsp3) is 0.250. The standard InChI is InChI=1S/C8H7F3O2S/c9-8(10,11)13-14(12)6-7-4-2-1-3-5-7/h1-5H,6H2. The Morgan fingerprint density at radius 1 is 1.21 bits per heavy atom. The molecule has 0 aliphatic heterocycles. The summed E-state index contributed by atoms with van der Waals surface area (Å²) in [6, 6.07) is 8.19. The smallest absolute Gasteiger partial charge is 0.229 e. The molecule has 14 heavy (non-hydrogen) atoms. The van der Waals surface area contributed by atoms with Crippen LogP contribution in [0.25, 0.3) is 0 Å². The van der Waals surface area contributed by atoms with Crippen LogP contribution in [0.4, 0.5) is 13.2 Å². The van der Waals surface area contributed by atoms with Crippen molar-refractivity contribution >= 4 is 11.1 Å². The van der Waals surface area contributed by atoms with E-state index in [1.807, 2.05) is 0 Å². The van der Waals surface area contributed by atoms with Gasteiger partial charge in [0, 0.05) is 0 Å². The monoisotopic (exact) mass is 224 g/mol. The molecule has 78 valence electrons. The lowest BCUT2D eigenvalue weighted by Crippen LogP contribution is -2.16. The van der Waals surface area contributed by atoms with Crippen LogP contribution in [0.5, 0.6) is 0 Å². The molecule has 2 nitrogen and oxygen atoms in total. The molecule has 0 N–H and O–H groups in total. The summed E-state index contributed by atoms with van der Waals surface area (Å²) in [5, 5.41) is 0. The van der Waals surface area contributed by atoms with Crippen LogP contribution >= 0.6 is 0 Å². The normalized spacial score (nSPS) is 13.9. The average molecular weight is 224 g/mol. The molecule has 0 aliphatic carbocycles. The molecule has 1 unspecified atom stereocenters. The van der Waals surface area contributed by atoms with Crippen LogP contribution in [-0.2, 0) is 21.0 Å². The molecule has 0 amide bonds. The van der Waals surface area contributed by atoms with E-state index in [1.54, 1.807) is 30.3 Å². The molecule has 1 rings (SSSR count). The van der Waals surface area contributed by atoms with Crippen molar-refractivity contribution in [3.8, 4) is 0 Å². The van der Waals surface area contributed by atoms with Gasteiger partial charge in [-0.25, -0.2) is 4.21 Å². The summed E-state index contributed by atoms with van der Waals surface area (Å²) < 4.78 is 48.9. The van der Waals surface area contributed by atoms with Crippen molar-refractivity contribution in [3.05, 3.63) is 35.9 Å². The van der Waals surface area contributed by atoms with E-state index in [2.05, 4.69) is 4.18 Å².